The van der Waals surface area contributed by atoms with Crippen molar-refractivity contribution in [1.29, 1.82) is 0 Å². The molecule has 150 valence electrons. The molecule has 0 N–H and O–H groups in total. The molecule has 10 heteroatoms. The van der Waals surface area contributed by atoms with Gasteiger partial charge in [-0.25, -0.2) is 0 Å². The van der Waals surface area contributed by atoms with Gasteiger partial charge in [0, 0.05) is 17.7 Å². The molecule has 2 aromatic rings. The first-order valence-corrected chi connectivity index (χ1v) is 11.6. The highest BCUT2D eigenvalue weighted by atomic mass is 32.3. The van der Waals surface area contributed by atoms with Gasteiger partial charge in [-0.1, -0.05) is 40.6 Å². The molecule has 0 amide bonds. The Morgan fingerprint density at radius 1 is 1.04 bits per heavy atom. The van der Waals surface area contributed by atoms with E-state index < -0.39 is 31.4 Å². The maximum atomic E-state index is 13.1. The summed E-state index contributed by atoms with van der Waals surface area (Å²) < 4.78 is 33.1. The number of nitro groups is 1. The number of hydrogen-bond acceptors (Lipinski definition) is 7. The van der Waals surface area contributed by atoms with Crippen molar-refractivity contribution in [2.45, 2.75) is 0 Å². The molecular weight excluding hydrogens is 406 g/mol. The highest BCUT2D eigenvalue weighted by Gasteiger charge is 2.31. The van der Waals surface area contributed by atoms with Gasteiger partial charge in [0.1, 0.15) is 0 Å². The first-order chi connectivity index (χ1) is 13.1. The second-order valence-electron chi connectivity index (χ2n) is 5.93. The smallest absolute Gasteiger partial charge is 0.288 e. The predicted octanol–water partition coefficient (Wildman–Crippen LogP) is 3.71. The molecule has 0 saturated carbocycles. The van der Waals surface area contributed by atoms with Crippen molar-refractivity contribution >= 4 is 38.3 Å². The third kappa shape index (κ3) is 5.49. The van der Waals surface area contributed by atoms with E-state index >= 15 is 0 Å². The van der Waals surface area contributed by atoms with E-state index in [-0.39, 0.29) is 10.6 Å². The topological polar surface area (TPSA) is 113 Å². The molecule has 0 aliphatic heterocycles. The van der Waals surface area contributed by atoms with Crippen LogP contribution in [0.15, 0.2) is 59.5 Å². The largest absolute Gasteiger partial charge is 0.409 e. The van der Waals surface area contributed by atoms with Gasteiger partial charge in [0.2, 0.25) is 0 Å². The van der Waals surface area contributed by atoms with E-state index in [1.807, 2.05) is 0 Å². The van der Waals surface area contributed by atoms with Crippen LogP contribution < -0.4 is 0 Å². The molecular formula is C18H19NO7S2. The van der Waals surface area contributed by atoms with Crippen LogP contribution >= 0.6 is 10.3 Å². The molecule has 0 bridgehead atoms. The summed E-state index contributed by atoms with van der Waals surface area (Å²) in [6.45, 7) is 0. The van der Waals surface area contributed by atoms with Gasteiger partial charge in [-0.3, -0.25) is 19.1 Å². The normalized spacial score (nSPS) is 13.2. The number of non-ortho nitro benzene ring substituents is 1. The van der Waals surface area contributed by atoms with E-state index in [0.717, 1.165) is 7.11 Å². The monoisotopic (exact) mass is 425 g/mol. The minimum Gasteiger partial charge on any atom is -0.288 e. The standard InChI is InChI=1S/C18H19NO7S2/c1-25-28(23,24)26-27(2,3)17(18(20)15-7-5-4-6-8-15)13-14-9-11-16(12-10-14)19(21)22/h4-13H,1-3H3/b17-13-. The van der Waals surface area contributed by atoms with Crippen LogP contribution in [0.5, 0.6) is 0 Å². The van der Waals surface area contributed by atoms with Gasteiger partial charge < -0.3 is 0 Å². The highest BCUT2D eigenvalue weighted by molar-refractivity contribution is 8.35. The summed E-state index contributed by atoms with van der Waals surface area (Å²) in [4.78, 5) is 23.5. The molecule has 0 spiro atoms. The van der Waals surface area contributed by atoms with Crippen molar-refractivity contribution in [2.75, 3.05) is 19.6 Å². The number of hydrogen-bond donors (Lipinski definition) is 0. The number of carbonyl (C=O) groups is 1. The van der Waals surface area contributed by atoms with Crippen LogP contribution in [0.25, 0.3) is 6.08 Å². The number of nitro benzene ring substituents is 1. The Balaban J connectivity index is 2.55. The maximum Gasteiger partial charge on any atom is 0.409 e. The van der Waals surface area contributed by atoms with Crippen LogP contribution in [0.3, 0.4) is 0 Å². The van der Waals surface area contributed by atoms with Crippen LogP contribution in [-0.4, -0.2) is 38.7 Å². The lowest BCUT2D eigenvalue weighted by Gasteiger charge is -2.31. The molecule has 0 radical (unpaired) electrons. The third-order valence-corrected chi connectivity index (χ3v) is 7.45. The SMILES string of the molecule is COS(=O)(=O)OS(C)(C)/C(=C\c1ccc([N+](=O)[O-])cc1)C(=O)c1ccccc1. The van der Waals surface area contributed by atoms with Gasteiger partial charge in [-0.05, 0) is 36.3 Å². The Kier molecular flexibility index (Phi) is 6.73. The lowest BCUT2D eigenvalue weighted by Crippen LogP contribution is -2.17. The molecule has 0 saturated heterocycles. The summed E-state index contributed by atoms with van der Waals surface area (Å²) in [6.07, 6.45) is 4.48. The summed E-state index contributed by atoms with van der Waals surface area (Å²) in [5.74, 6) is -0.412. The summed E-state index contributed by atoms with van der Waals surface area (Å²) >= 11 is 0. The van der Waals surface area contributed by atoms with Crippen molar-refractivity contribution in [3.8, 4) is 0 Å². The zero-order valence-corrected chi connectivity index (χ0v) is 17.0. The Morgan fingerprint density at radius 2 is 1.61 bits per heavy atom. The van der Waals surface area contributed by atoms with Crippen molar-refractivity contribution in [3.05, 3.63) is 80.7 Å². The highest BCUT2D eigenvalue weighted by Crippen LogP contribution is 2.53. The van der Waals surface area contributed by atoms with Crippen LogP contribution in [-0.2, 0) is 18.2 Å². The number of carbonyl (C=O) groups excluding carboxylic acids is 1. The Labute approximate surface area is 164 Å². The Morgan fingerprint density at radius 3 is 2.11 bits per heavy atom. The fraction of sp³-hybridized carbons (Fsp3) is 0.167. The zero-order valence-electron chi connectivity index (χ0n) is 15.4. The van der Waals surface area contributed by atoms with E-state index in [2.05, 4.69) is 4.18 Å². The first kappa shape index (κ1) is 21.8. The average molecular weight is 425 g/mol. The summed E-state index contributed by atoms with van der Waals surface area (Å²) in [5.41, 5.74) is 0.747. The van der Waals surface area contributed by atoms with E-state index in [9.17, 15) is 23.3 Å². The number of ketones is 1. The minimum absolute atomic E-state index is 0.0992. The summed E-state index contributed by atoms with van der Waals surface area (Å²) in [7, 11) is -5.93. The van der Waals surface area contributed by atoms with Crippen molar-refractivity contribution in [1.82, 2.24) is 0 Å². The van der Waals surface area contributed by atoms with Gasteiger partial charge >= 0.3 is 10.4 Å². The van der Waals surface area contributed by atoms with Crippen LogP contribution in [0.1, 0.15) is 15.9 Å². The summed E-state index contributed by atoms with van der Waals surface area (Å²) in [6, 6.07) is 13.9. The van der Waals surface area contributed by atoms with Gasteiger partial charge in [0.15, 0.2) is 5.78 Å². The second-order valence-corrected chi connectivity index (χ2v) is 10.5. The molecule has 0 aliphatic rings. The molecule has 0 heterocycles. The van der Waals surface area contributed by atoms with Crippen LogP contribution in [0.4, 0.5) is 5.69 Å². The quantitative estimate of drug-likeness (QED) is 0.274. The fourth-order valence-corrected chi connectivity index (χ4v) is 5.45. The van der Waals surface area contributed by atoms with Gasteiger partial charge in [0.05, 0.1) is 16.9 Å². The lowest BCUT2D eigenvalue weighted by atomic mass is 10.1. The Bertz CT molecular complexity index is 998. The van der Waals surface area contributed by atoms with E-state index in [0.29, 0.717) is 11.1 Å². The Hall–Kier alpha value is -2.53. The van der Waals surface area contributed by atoms with Crippen LogP contribution in [0.2, 0.25) is 0 Å². The van der Waals surface area contributed by atoms with Crippen LogP contribution in [0, 0.1) is 10.1 Å². The predicted molar refractivity (Wildman–Crippen MR) is 108 cm³/mol. The molecule has 0 aliphatic carbocycles. The average Bonchev–Trinajstić information content (AvgIpc) is 2.65. The third-order valence-electron chi connectivity index (χ3n) is 3.65. The number of rotatable bonds is 8. The van der Waals surface area contributed by atoms with Gasteiger partial charge in [-0.15, -0.1) is 0 Å². The minimum atomic E-state index is -4.29. The van der Waals surface area contributed by atoms with E-state index in [4.69, 9.17) is 3.63 Å². The van der Waals surface area contributed by atoms with Gasteiger partial charge in [-0.2, -0.15) is 12.0 Å². The maximum absolute atomic E-state index is 13.1. The first-order valence-electron chi connectivity index (χ1n) is 7.86. The molecule has 28 heavy (non-hydrogen) atoms. The van der Waals surface area contributed by atoms with Crippen molar-refractivity contribution in [3.63, 3.8) is 0 Å². The van der Waals surface area contributed by atoms with E-state index in [1.54, 1.807) is 30.3 Å². The number of benzene rings is 2. The molecule has 2 aromatic carbocycles. The fourth-order valence-electron chi connectivity index (χ4n) is 2.28. The molecule has 0 atom stereocenters. The molecule has 0 unspecified atom stereocenters. The zero-order chi connectivity index (χ0) is 20.9. The molecule has 0 aromatic heterocycles. The molecule has 0 fully saturated rings. The number of nitrogens with zero attached hydrogens (tertiary/aromatic N) is 1. The molecule has 8 nitrogen and oxygen atoms in total. The van der Waals surface area contributed by atoms with E-state index in [1.165, 1.54) is 42.9 Å². The number of Topliss-reactive ketones (excluding diaryl/α,β-unsaturated/α-hetero) is 1. The second kappa shape index (κ2) is 8.65. The van der Waals surface area contributed by atoms with Gasteiger partial charge in [0.25, 0.3) is 5.69 Å². The van der Waals surface area contributed by atoms with Crippen molar-refractivity contribution < 1.29 is 25.9 Å². The molecule has 2 rings (SSSR count). The van der Waals surface area contributed by atoms with Crippen molar-refractivity contribution in [2.24, 2.45) is 0 Å². The summed E-state index contributed by atoms with van der Waals surface area (Å²) in [5, 5.41) is 10.8. The lowest BCUT2D eigenvalue weighted by molar-refractivity contribution is -0.384. The number of allylic oxidation sites excluding steroid dienone is 1.